The van der Waals surface area contributed by atoms with Crippen molar-refractivity contribution < 1.29 is 9.18 Å². The van der Waals surface area contributed by atoms with Gasteiger partial charge >= 0.3 is 0 Å². The topological polar surface area (TPSA) is 67.2 Å². The fourth-order valence-electron chi connectivity index (χ4n) is 0.939. The van der Waals surface area contributed by atoms with Crippen molar-refractivity contribution in [3.63, 3.8) is 0 Å². The molecule has 4 nitrogen and oxygen atoms in total. The molecule has 0 aliphatic heterocycles. The Bertz CT molecular complexity index is 341. The Morgan fingerprint density at radius 2 is 2.29 bits per heavy atom. The van der Waals surface area contributed by atoms with Crippen LogP contribution in [-0.4, -0.2) is 19.5 Å². The van der Waals surface area contributed by atoms with Crippen molar-refractivity contribution >= 4 is 17.3 Å². The van der Waals surface area contributed by atoms with Gasteiger partial charge in [-0.1, -0.05) is 0 Å². The number of anilines is 2. The summed E-state index contributed by atoms with van der Waals surface area (Å²) in [6, 6.07) is 4.26. The molecule has 1 rings (SSSR count). The zero-order valence-electron chi connectivity index (χ0n) is 7.80. The molecule has 0 spiro atoms. The number of hydrogen-bond acceptors (Lipinski definition) is 3. The molecule has 1 amide bonds. The minimum Gasteiger partial charge on any atom is -0.399 e. The van der Waals surface area contributed by atoms with Gasteiger partial charge in [0.15, 0.2) is 0 Å². The van der Waals surface area contributed by atoms with Crippen LogP contribution >= 0.6 is 0 Å². The van der Waals surface area contributed by atoms with E-state index in [1.807, 2.05) is 0 Å². The van der Waals surface area contributed by atoms with Gasteiger partial charge in [-0.25, -0.2) is 4.39 Å². The summed E-state index contributed by atoms with van der Waals surface area (Å²) in [4.78, 5) is 10.8. The van der Waals surface area contributed by atoms with E-state index >= 15 is 0 Å². The number of carbonyl (C=O) groups excluding carboxylic acids is 1. The molecular weight excluding hydrogens is 185 g/mol. The van der Waals surface area contributed by atoms with Crippen molar-refractivity contribution in [1.29, 1.82) is 0 Å². The number of nitrogens with two attached hydrogens (primary N) is 1. The Labute approximate surface area is 81.3 Å². The highest BCUT2D eigenvalue weighted by atomic mass is 19.1. The summed E-state index contributed by atoms with van der Waals surface area (Å²) in [5, 5.41) is 5.07. The molecule has 0 saturated heterocycles. The van der Waals surface area contributed by atoms with Crippen molar-refractivity contribution in [2.24, 2.45) is 0 Å². The molecule has 0 aliphatic carbocycles. The van der Waals surface area contributed by atoms with Gasteiger partial charge in [0.1, 0.15) is 5.82 Å². The molecule has 1 aromatic carbocycles. The third kappa shape index (κ3) is 2.62. The van der Waals surface area contributed by atoms with Gasteiger partial charge in [-0.15, -0.1) is 0 Å². The number of amides is 1. The number of nitrogen functional groups attached to an aromatic ring is 1. The van der Waals surface area contributed by atoms with Gasteiger partial charge < -0.3 is 16.4 Å². The zero-order valence-corrected chi connectivity index (χ0v) is 7.80. The van der Waals surface area contributed by atoms with Crippen LogP contribution in [0.1, 0.15) is 0 Å². The lowest BCUT2D eigenvalue weighted by atomic mass is 10.2. The molecule has 76 valence electrons. The predicted octanol–water partition coefficient (Wildman–Crippen LogP) is 0.566. The van der Waals surface area contributed by atoms with Crippen molar-refractivity contribution in [3.8, 4) is 0 Å². The lowest BCUT2D eigenvalue weighted by molar-refractivity contribution is -0.118. The van der Waals surface area contributed by atoms with E-state index in [1.165, 1.54) is 19.2 Å². The molecule has 4 N–H and O–H groups in total. The summed E-state index contributed by atoms with van der Waals surface area (Å²) in [6.45, 7) is 0.0390. The third-order valence-corrected chi connectivity index (χ3v) is 1.71. The molecule has 0 atom stereocenters. The Kier molecular flexibility index (Phi) is 3.28. The minimum atomic E-state index is -0.464. The molecule has 0 aliphatic rings. The van der Waals surface area contributed by atoms with Gasteiger partial charge in [0.05, 0.1) is 12.2 Å². The zero-order chi connectivity index (χ0) is 10.6. The lowest BCUT2D eigenvalue weighted by Crippen LogP contribution is -2.26. The summed E-state index contributed by atoms with van der Waals surface area (Å²) in [5.74, 6) is -0.671. The average molecular weight is 197 g/mol. The van der Waals surface area contributed by atoms with E-state index in [0.29, 0.717) is 5.69 Å². The van der Waals surface area contributed by atoms with E-state index in [-0.39, 0.29) is 18.1 Å². The quantitative estimate of drug-likeness (QED) is 0.620. The Morgan fingerprint density at radius 3 is 2.86 bits per heavy atom. The number of benzene rings is 1. The summed E-state index contributed by atoms with van der Waals surface area (Å²) >= 11 is 0. The number of carbonyl (C=O) groups is 1. The van der Waals surface area contributed by atoms with Crippen LogP contribution in [-0.2, 0) is 4.79 Å². The Balaban J connectivity index is 2.63. The van der Waals surface area contributed by atoms with E-state index in [2.05, 4.69) is 10.6 Å². The first kappa shape index (κ1) is 10.3. The van der Waals surface area contributed by atoms with Gasteiger partial charge in [-0.2, -0.15) is 0 Å². The maximum atomic E-state index is 13.1. The molecule has 1 aromatic rings. The molecule has 5 heteroatoms. The first-order valence-corrected chi connectivity index (χ1v) is 4.13. The molecule has 0 saturated carbocycles. The van der Waals surface area contributed by atoms with Gasteiger partial charge in [0, 0.05) is 12.7 Å². The second kappa shape index (κ2) is 4.45. The van der Waals surface area contributed by atoms with E-state index in [4.69, 9.17) is 5.73 Å². The van der Waals surface area contributed by atoms with Crippen LogP contribution in [0.15, 0.2) is 18.2 Å². The van der Waals surface area contributed by atoms with E-state index in [9.17, 15) is 9.18 Å². The first-order valence-electron chi connectivity index (χ1n) is 4.13. The van der Waals surface area contributed by atoms with Gasteiger partial charge in [0.25, 0.3) is 0 Å². The van der Waals surface area contributed by atoms with Crippen molar-refractivity contribution in [1.82, 2.24) is 5.32 Å². The van der Waals surface area contributed by atoms with Gasteiger partial charge in [-0.05, 0) is 18.2 Å². The summed E-state index contributed by atoms with van der Waals surface area (Å²) in [5.41, 5.74) is 5.98. The molecular formula is C9H12FN3O. The van der Waals surface area contributed by atoms with Crippen LogP contribution in [0.25, 0.3) is 0 Å². The minimum absolute atomic E-state index is 0.0390. The van der Waals surface area contributed by atoms with Crippen molar-refractivity contribution in [3.05, 3.63) is 24.0 Å². The fraction of sp³-hybridized carbons (Fsp3) is 0.222. The van der Waals surface area contributed by atoms with E-state index < -0.39 is 5.82 Å². The van der Waals surface area contributed by atoms with Crippen LogP contribution in [0.5, 0.6) is 0 Å². The van der Waals surface area contributed by atoms with E-state index in [0.717, 1.165) is 0 Å². The second-order valence-corrected chi connectivity index (χ2v) is 2.77. The Hall–Kier alpha value is -1.78. The van der Waals surface area contributed by atoms with Crippen LogP contribution < -0.4 is 16.4 Å². The molecule has 0 bridgehead atoms. The van der Waals surface area contributed by atoms with Gasteiger partial charge in [0.2, 0.25) is 5.91 Å². The van der Waals surface area contributed by atoms with Gasteiger partial charge in [-0.3, -0.25) is 4.79 Å². The second-order valence-electron chi connectivity index (χ2n) is 2.77. The summed E-state index contributed by atoms with van der Waals surface area (Å²) in [7, 11) is 1.52. The average Bonchev–Trinajstić information content (AvgIpc) is 2.16. The normalized spacial score (nSPS) is 9.57. The maximum absolute atomic E-state index is 13.1. The van der Waals surface area contributed by atoms with Crippen LogP contribution in [0.4, 0.5) is 15.8 Å². The molecule has 0 aromatic heterocycles. The number of halogens is 1. The molecule has 0 radical (unpaired) electrons. The van der Waals surface area contributed by atoms with E-state index in [1.54, 1.807) is 6.07 Å². The molecule has 0 heterocycles. The smallest absolute Gasteiger partial charge is 0.239 e. The molecule has 0 unspecified atom stereocenters. The number of nitrogens with one attached hydrogen (secondary N) is 2. The monoisotopic (exact) mass is 197 g/mol. The largest absolute Gasteiger partial charge is 0.399 e. The first-order chi connectivity index (χ1) is 6.63. The number of rotatable bonds is 3. The van der Waals surface area contributed by atoms with Crippen LogP contribution in [0.3, 0.4) is 0 Å². The highest BCUT2D eigenvalue weighted by Crippen LogP contribution is 2.16. The number of hydrogen-bond donors (Lipinski definition) is 3. The third-order valence-electron chi connectivity index (χ3n) is 1.71. The summed E-state index contributed by atoms with van der Waals surface area (Å²) in [6.07, 6.45) is 0. The van der Waals surface area contributed by atoms with Crippen molar-refractivity contribution in [2.75, 3.05) is 24.6 Å². The van der Waals surface area contributed by atoms with Crippen LogP contribution in [0, 0.1) is 5.82 Å². The van der Waals surface area contributed by atoms with Crippen molar-refractivity contribution in [2.45, 2.75) is 0 Å². The standard InChI is InChI=1S/C9H12FN3O/c1-12-9(14)5-13-8-3-2-6(11)4-7(8)10/h2-4,13H,5,11H2,1H3,(H,12,14). The Morgan fingerprint density at radius 1 is 1.57 bits per heavy atom. The SMILES string of the molecule is CNC(=O)CNc1ccc(N)cc1F. The van der Waals surface area contributed by atoms with Crippen LogP contribution in [0.2, 0.25) is 0 Å². The molecule has 0 fully saturated rings. The number of likely N-dealkylation sites (N-methyl/N-ethyl adjacent to an activating group) is 1. The highest BCUT2D eigenvalue weighted by Gasteiger charge is 2.03. The fourth-order valence-corrected chi connectivity index (χ4v) is 0.939. The summed E-state index contributed by atoms with van der Waals surface area (Å²) < 4.78 is 13.1. The lowest BCUT2D eigenvalue weighted by Gasteiger charge is -2.06. The molecule has 14 heavy (non-hydrogen) atoms. The highest BCUT2D eigenvalue weighted by molar-refractivity contribution is 5.80. The predicted molar refractivity (Wildman–Crippen MR) is 53.4 cm³/mol. The maximum Gasteiger partial charge on any atom is 0.239 e.